The summed E-state index contributed by atoms with van der Waals surface area (Å²) < 4.78 is 5.48. The Bertz CT molecular complexity index is 799. The first-order chi connectivity index (χ1) is 11.3. The van der Waals surface area contributed by atoms with Gasteiger partial charge in [-0.15, -0.1) is 0 Å². The normalized spacial score (nSPS) is 12.0. The van der Waals surface area contributed by atoms with E-state index in [-0.39, 0.29) is 12.0 Å². The van der Waals surface area contributed by atoms with Crippen LogP contribution in [0.1, 0.15) is 22.0 Å². The first-order valence-electron chi connectivity index (χ1n) is 7.62. The number of ether oxygens (including phenoxy) is 1. The van der Waals surface area contributed by atoms with Gasteiger partial charge in [-0.05, 0) is 28.5 Å². The quantitative estimate of drug-likeness (QED) is 0.775. The topological polar surface area (TPSA) is 38.3 Å². The minimum atomic E-state index is -0.152. The van der Waals surface area contributed by atoms with Crippen LogP contribution in [0, 0.1) is 0 Å². The zero-order chi connectivity index (χ0) is 16.1. The first kappa shape index (κ1) is 15.3. The Morgan fingerprint density at radius 2 is 1.65 bits per heavy atom. The lowest BCUT2D eigenvalue weighted by Crippen LogP contribution is -2.29. The van der Waals surface area contributed by atoms with Crippen molar-refractivity contribution < 1.29 is 9.53 Å². The molecule has 0 fully saturated rings. The summed E-state index contributed by atoms with van der Waals surface area (Å²) in [4.78, 5) is 12.4. The molecule has 3 rings (SSSR count). The minimum Gasteiger partial charge on any atom is -0.375 e. The van der Waals surface area contributed by atoms with Crippen LogP contribution in [0.15, 0.2) is 72.8 Å². The highest BCUT2D eigenvalue weighted by molar-refractivity contribution is 5.98. The van der Waals surface area contributed by atoms with Gasteiger partial charge in [0.05, 0.1) is 6.10 Å². The molecule has 0 aliphatic carbocycles. The second-order valence-electron chi connectivity index (χ2n) is 5.41. The molecule has 0 saturated carbocycles. The molecule has 3 heteroatoms. The third-order valence-electron chi connectivity index (χ3n) is 3.92. The van der Waals surface area contributed by atoms with Crippen LogP contribution in [0.5, 0.6) is 0 Å². The van der Waals surface area contributed by atoms with E-state index in [9.17, 15) is 4.79 Å². The molecule has 1 amide bonds. The van der Waals surface area contributed by atoms with Gasteiger partial charge in [-0.25, -0.2) is 0 Å². The summed E-state index contributed by atoms with van der Waals surface area (Å²) >= 11 is 0. The molecule has 1 unspecified atom stereocenters. The largest absolute Gasteiger partial charge is 0.375 e. The zero-order valence-electron chi connectivity index (χ0n) is 13.0. The number of fused-ring (bicyclic) bond motifs is 1. The maximum absolute atomic E-state index is 12.4. The standard InChI is InChI=1S/C20H19NO2/c1-23-19(16-8-3-2-4-9-16)14-21-20(22)18-12-11-15-7-5-6-10-17(15)13-18/h2-13,19H,14H2,1H3,(H,21,22). The average Bonchev–Trinajstić information content (AvgIpc) is 2.62. The number of hydrogen-bond donors (Lipinski definition) is 1. The molecule has 0 saturated heterocycles. The van der Waals surface area contributed by atoms with Crippen LogP contribution in [0.4, 0.5) is 0 Å². The third-order valence-corrected chi connectivity index (χ3v) is 3.92. The Morgan fingerprint density at radius 3 is 2.39 bits per heavy atom. The Balaban J connectivity index is 1.70. The van der Waals surface area contributed by atoms with Gasteiger partial charge in [0.2, 0.25) is 0 Å². The number of rotatable bonds is 5. The van der Waals surface area contributed by atoms with Crippen LogP contribution in [-0.4, -0.2) is 19.6 Å². The van der Waals surface area contributed by atoms with Crippen molar-refractivity contribution in [1.29, 1.82) is 0 Å². The summed E-state index contributed by atoms with van der Waals surface area (Å²) in [6.45, 7) is 0.437. The van der Waals surface area contributed by atoms with E-state index in [0.717, 1.165) is 16.3 Å². The van der Waals surface area contributed by atoms with Crippen molar-refractivity contribution >= 4 is 16.7 Å². The van der Waals surface area contributed by atoms with Crippen molar-refractivity contribution in [2.75, 3.05) is 13.7 Å². The van der Waals surface area contributed by atoms with Gasteiger partial charge >= 0.3 is 0 Å². The van der Waals surface area contributed by atoms with Gasteiger partial charge in [-0.1, -0.05) is 60.7 Å². The second kappa shape index (κ2) is 7.07. The molecule has 0 heterocycles. The molecule has 0 aliphatic heterocycles. The van der Waals surface area contributed by atoms with Gasteiger partial charge in [-0.3, -0.25) is 4.79 Å². The fraction of sp³-hybridized carbons (Fsp3) is 0.150. The number of methoxy groups -OCH3 is 1. The van der Waals surface area contributed by atoms with Gasteiger partial charge in [0.1, 0.15) is 0 Å². The molecule has 23 heavy (non-hydrogen) atoms. The Labute approximate surface area is 135 Å². The Morgan fingerprint density at radius 1 is 0.957 bits per heavy atom. The van der Waals surface area contributed by atoms with Crippen LogP contribution in [0.2, 0.25) is 0 Å². The number of benzene rings is 3. The van der Waals surface area contributed by atoms with Crippen molar-refractivity contribution in [3.63, 3.8) is 0 Å². The number of amides is 1. The minimum absolute atomic E-state index is 0.0891. The van der Waals surface area contributed by atoms with Crippen molar-refractivity contribution in [2.45, 2.75) is 6.10 Å². The molecule has 0 aliphatic rings. The first-order valence-corrected chi connectivity index (χ1v) is 7.62. The van der Waals surface area contributed by atoms with Gasteiger partial charge in [-0.2, -0.15) is 0 Å². The van der Waals surface area contributed by atoms with Crippen LogP contribution in [-0.2, 0) is 4.74 Å². The van der Waals surface area contributed by atoms with Gasteiger partial charge in [0, 0.05) is 19.2 Å². The Hall–Kier alpha value is -2.65. The number of carbonyl (C=O) groups is 1. The van der Waals surface area contributed by atoms with E-state index in [1.54, 1.807) is 7.11 Å². The summed E-state index contributed by atoms with van der Waals surface area (Å²) in [5.74, 6) is -0.0891. The lowest BCUT2D eigenvalue weighted by Gasteiger charge is -2.16. The Kier molecular flexibility index (Phi) is 4.69. The molecule has 1 N–H and O–H groups in total. The van der Waals surface area contributed by atoms with Gasteiger partial charge in [0.25, 0.3) is 5.91 Å². The fourth-order valence-electron chi connectivity index (χ4n) is 2.62. The molecule has 3 aromatic carbocycles. The van der Waals surface area contributed by atoms with Crippen molar-refractivity contribution in [1.82, 2.24) is 5.32 Å². The van der Waals surface area contributed by atoms with Crippen LogP contribution in [0.3, 0.4) is 0 Å². The summed E-state index contributed by atoms with van der Waals surface area (Å²) in [7, 11) is 1.65. The van der Waals surface area contributed by atoms with Gasteiger partial charge < -0.3 is 10.1 Å². The molecule has 0 radical (unpaired) electrons. The van der Waals surface area contributed by atoms with E-state index in [2.05, 4.69) is 5.32 Å². The molecule has 116 valence electrons. The molecule has 0 bridgehead atoms. The molecule has 0 spiro atoms. The van der Waals surface area contributed by atoms with Crippen molar-refractivity contribution in [3.8, 4) is 0 Å². The SMILES string of the molecule is COC(CNC(=O)c1ccc2ccccc2c1)c1ccccc1. The maximum Gasteiger partial charge on any atom is 0.251 e. The predicted octanol–water partition coefficient (Wildman–Crippen LogP) is 3.96. The molecule has 3 nitrogen and oxygen atoms in total. The van der Waals surface area contributed by atoms with E-state index < -0.39 is 0 Å². The van der Waals surface area contributed by atoms with Crippen LogP contribution >= 0.6 is 0 Å². The van der Waals surface area contributed by atoms with E-state index in [4.69, 9.17) is 4.74 Å². The fourth-order valence-corrected chi connectivity index (χ4v) is 2.62. The van der Waals surface area contributed by atoms with Crippen LogP contribution in [0.25, 0.3) is 10.8 Å². The summed E-state index contributed by atoms with van der Waals surface area (Å²) in [5.41, 5.74) is 1.71. The lowest BCUT2D eigenvalue weighted by molar-refractivity contribution is 0.0828. The molecule has 0 aromatic heterocycles. The van der Waals surface area contributed by atoms with E-state index in [1.807, 2.05) is 72.8 Å². The van der Waals surface area contributed by atoms with Gasteiger partial charge in [0.15, 0.2) is 0 Å². The number of carbonyl (C=O) groups excluding carboxylic acids is 1. The monoisotopic (exact) mass is 305 g/mol. The molecule has 3 aromatic rings. The summed E-state index contributed by atoms with van der Waals surface area (Å²) in [6.07, 6.45) is -0.152. The van der Waals surface area contributed by atoms with Crippen LogP contribution < -0.4 is 5.32 Å². The molecular weight excluding hydrogens is 286 g/mol. The highest BCUT2D eigenvalue weighted by atomic mass is 16.5. The number of nitrogens with one attached hydrogen (secondary N) is 1. The van der Waals surface area contributed by atoms with Crippen molar-refractivity contribution in [3.05, 3.63) is 83.9 Å². The average molecular weight is 305 g/mol. The lowest BCUT2D eigenvalue weighted by atomic mass is 10.1. The summed E-state index contributed by atoms with van der Waals surface area (Å²) in [5, 5.41) is 5.14. The van der Waals surface area contributed by atoms with E-state index in [0.29, 0.717) is 12.1 Å². The smallest absolute Gasteiger partial charge is 0.251 e. The molecular formula is C20H19NO2. The second-order valence-corrected chi connectivity index (χ2v) is 5.41. The zero-order valence-corrected chi connectivity index (χ0v) is 13.0. The van der Waals surface area contributed by atoms with E-state index >= 15 is 0 Å². The molecule has 1 atom stereocenters. The number of hydrogen-bond acceptors (Lipinski definition) is 2. The summed E-state index contributed by atoms with van der Waals surface area (Å²) in [6, 6.07) is 23.6. The van der Waals surface area contributed by atoms with E-state index in [1.165, 1.54) is 0 Å². The predicted molar refractivity (Wildman–Crippen MR) is 92.5 cm³/mol. The van der Waals surface area contributed by atoms with Crippen molar-refractivity contribution in [2.24, 2.45) is 0 Å². The highest BCUT2D eigenvalue weighted by Gasteiger charge is 2.13. The highest BCUT2D eigenvalue weighted by Crippen LogP contribution is 2.17. The maximum atomic E-state index is 12.4. The third kappa shape index (κ3) is 3.58.